The monoisotopic (exact) mass is 494 g/mol. The van der Waals surface area contributed by atoms with Crippen LogP contribution in [0.3, 0.4) is 0 Å². The first-order valence-corrected chi connectivity index (χ1v) is 12.3. The molecule has 8 heteroatoms. The van der Waals surface area contributed by atoms with Crippen molar-refractivity contribution in [2.75, 3.05) is 43.9 Å². The number of pyridine rings is 1. The molecule has 1 atom stereocenters. The second-order valence-electron chi connectivity index (χ2n) is 7.94. The van der Waals surface area contributed by atoms with Gasteiger partial charge < -0.3 is 29.9 Å². The van der Waals surface area contributed by atoms with Gasteiger partial charge in [-0.3, -0.25) is 4.79 Å². The van der Waals surface area contributed by atoms with E-state index >= 15 is 0 Å². The lowest BCUT2D eigenvalue weighted by molar-refractivity contribution is -0.133. The first-order valence-electron chi connectivity index (χ1n) is 11.9. The molecule has 2 heterocycles. The lowest BCUT2D eigenvalue weighted by Gasteiger charge is -2.38. The Morgan fingerprint density at radius 2 is 1.66 bits per heavy atom. The summed E-state index contributed by atoms with van der Waals surface area (Å²) >= 11 is 5.61. The highest BCUT2D eigenvalue weighted by Gasteiger charge is 2.30. The van der Waals surface area contributed by atoms with E-state index in [1.54, 1.807) is 23.9 Å². The number of carbonyl (C=O) groups excluding carboxylic acids is 1. The molecule has 7 nitrogen and oxygen atoms in total. The van der Waals surface area contributed by atoms with Crippen LogP contribution in [0.15, 0.2) is 66.9 Å². The zero-order chi connectivity index (χ0) is 25.4. The van der Waals surface area contributed by atoms with Gasteiger partial charge >= 0.3 is 0 Å². The SMILES string of the molecule is CC.COc1ccc(N2CCN(C(=O)C(c3ccccc3)n3ccc(N)c(CO)c3=S)CC2)cc1. The van der Waals surface area contributed by atoms with Crippen molar-refractivity contribution in [2.24, 2.45) is 0 Å². The number of nitrogen functional groups attached to an aromatic ring is 1. The number of hydrogen-bond donors (Lipinski definition) is 2. The van der Waals surface area contributed by atoms with Gasteiger partial charge in [-0.1, -0.05) is 56.4 Å². The number of aliphatic hydroxyl groups is 1. The normalized spacial score (nSPS) is 14.1. The van der Waals surface area contributed by atoms with E-state index in [-0.39, 0.29) is 12.5 Å². The Balaban J connectivity index is 0.00000167. The smallest absolute Gasteiger partial charge is 0.250 e. The number of anilines is 2. The van der Waals surface area contributed by atoms with Crippen LogP contribution in [0.1, 0.15) is 31.0 Å². The standard InChI is InChI=1S/C25H28N4O3S.C2H6/c1-32-20-9-7-19(8-10-20)27-13-15-28(16-14-27)24(31)23(18-5-3-2-4-6-18)29-12-11-22(26)21(17-30)25(29)33;1-2/h2-12,23,30H,13-17,26H2,1H3;1-2H3. The van der Waals surface area contributed by atoms with Gasteiger partial charge in [0.05, 0.1) is 13.7 Å². The van der Waals surface area contributed by atoms with Crippen LogP contribution in [0, 0.1) is 4.64 Å². The van der Waals surface area contributed by atoms with E-state index in [1.165, 1.54) is 0 Å². The van der Waals surface area contributed by atoms with E-state index in [1.807, 2.05) is 73.3 Å². The van der Waals surface area contributed by atoms with E-state index in [4.69, 9.17) is 22.7 Å². The first kappa shape index (κ1) is 26.2. The molecule has 1 saturated heterocycles. The Kier molecular flexibility index (Phi) is 9.28. The molecule has 1 aromatic heterocycles. The van der Waals surface area contributed by atoms with Gasteiger partial charge in [-0.05, 0) is 35.9 Å². The molecule has 0 bridgehead atoms. The Labute approximate surface area is 212 Å². The molecule has 0 aliphatic carbocycles. The van der Waals surface area contributed by atoms with Crippen molar-refractivity contribution in [3.8, 4) is 5.75 Å². The van der Waals surface area contributed by atoms with Crippen LogP contribution < -0.4 is 15.4 Å². The summed E-state index contributed by atoms with van der Waals surface area (Å²) in [7, 11) is 1.65. The van der Waals surface area contributed by atoms with E-state index in [2.05, 4.69) is 4.90 Å². The average Bonchev–Trinajstić information content (AvgIpc) is 2.92. The maximum Gasteiger partial charge on any atom is 0.250 e. The lowest BCUT2D eigenvalue weighted by Crippen LogP contribution is -2.50. The average molecular weight is 495 g/mol. The van der Waals surface area contributed by atoms with Crippen LogP contribution in [0.25, 0.3) is 0 Å². The van der Waals surface area contributed by atoms with Gasteiger partial charge in [0, 0.05) is 49.3 Å². The molecule has 3 N–H and O–H groups in total. The molecule has 1 unspecified atom stereocenters. The third-order valence-electron chi connectivity index (χ3n) is 6.07. The maximum atomic E-state index is 13.8. The fraction of sp³-hybridized carbons (Fsp3) is 0.333. The number of ether oxygens (including phenoxy) is 1. The molecule has 186 valence electrons. The van der Waals surface area contributed by atoms with Crippen LogP contribution in [0.4, 0.5) is 11.4 Å². The maximum absolute atomic E-state index is 13.8. The van der Waals surface area contributed by atoms with Gasteiger partial charge in [0.1, 0.15) is 16.4 Å². The van der Waals surface area contributed by atoms with Gasteiger partial charge in [0.2, 0.25) is 5.91 Å². The summed E-state index contributed by atoms with van der Waals surface area (Å²) in [5, 5.41) is 9.77. The van der Waals surface area contributed by atoms with Gasteiger partial charge in [-0.15, -0.1) is 0 Å². The van der Waals surface area contributed by atoms with E-state index in [9.17, 15) is 9.90 Å². The molecule has 1 amide bonds. The summed E-state index contributed by atoms with van der Waals surface area (Å²) in [6.45, 7) is 6.39. The van der Waals surface area contributed by atoms with Crippen molar-refractivity contribution >= 4 is 29.5 Å². The summed E-state index contributed by atoms with van der Waals surface area (Å²) in [4.78, 5) is 17.9. The molecule has 1 fully saturated rings. The second kappa shape index (κ2) is 12.4. The third kappa shape index (κ3) is 5.83. The Bertz CT molecular complexity index is 1160. The number of rotatable bonds is 6. The second-order valence-corrected chi connectivity index (χ2v) is 8.33. The van der Waals surface area contributed by atoms with Gasteiger partial charge in [0.15, 0.2) is 0 Å². The van der Waals surface area contributed by atoms with Crippen molar-refractivity contribution in [1.29, 1.82) is 0 Å². The number of amides is 1. The quantitative estimate of drug-likeness (QED) is 0.498. The fourth-order valence-electron chi connectivity index (χ4n) is 4.18. The topological polar surface area (TPSA) is 84.0 Å². The Hall–Kier alpha value is -3.36. The van der Waals surface area contributed by atoms with Crippen LogP contribution >= 0.6 is 12.2 Å². The molecule has 4 rings (SSSR count). The minimum Gasteiger partial charge on any atom is -0.497 e. The molecule has 35 heavy (non-hydrogen) atoms. The summed E-state index contributed by atoms with van der Waals surface area (Å²) in [6.07, 6.45) is 1.74. The van der Waals surface area contributed by atoms with Crippen molar-refractivity contribution < 1.29 is 14.6 Å². The zero-order valence-electron chi connectivity index (χ0n) is 20.6. The minimum atomic E-state index is -0.628. The largest absolute Gasteiger partial charge is 0.497 e. The lowest BCUT2D eigenvalue weighted by atomic mass is 10.0. The number of aromatic nitrogens is 1. The molecule has 1 aliphatic heterocycles. The van der Waals surface area contributed by atoms with E-state index in [0.29, 0.717) is 29.0 Å². The Morgan fingerprint density at radius 1 is 1.03 bits per heavy atom. The molecule has 0 saturated carbocycles. The molecule has 2 aromatic carbocycles. The highest BCUT2D eigenvalue weighted by atomic mass is 32.1. The van der Waals surface area contributed by atoms with E-state index < -0.39 is 6.04 Å². The van der Waals surface area contributed by atoms with Gasteiger partial charge in [0.25, 0.3) is 0 Å². The van der Waals surface area contributed by atoms with Crippen LogP contribution in [0.2, 0.25) is 0 Å². The van der Waals surface area contributed by atoms with Crippen molar-refractivity contribution in [2.45, 2.75) is 26.5 Å². The van der Waals surface area contributed by atoms with Gasteiger partial charge in [-0.2, -0.15) is 0 Å². The summed E-state index contributed by atoms with van der Waals surface area (Å²) in [5.74, 6) is 0.793. The number of nitrogens with two attached hydrogens (primary N) is 1. The van der Waals surface area contributed by atoms with Gasteiger partial charge in [-0.25, -0.2) is 0 Å². The summed E-state index contributed by atoms with van der Waals surface area (Å²) in [5.41, 5.74) is 8.83. The van der Waals surface area contributed by atoms with Crippen molar-refractivity contribution in [3.63, 3.8) is 0 Å². The summed E-state index contributed by atoms with van der Waals surface area (Å²) in [6, 6.07) is 18.6. The Morgan fingerprint density at radius 3 is 2.23 bits per heavy atom. The number of carbonyl (C=O) groups is 1. The number of methoxy groups -OCH3 is 1. The molecule has 3 aromatic rings. The number of hydrogen-bond acceptors (Lipinski definition) is 6. The minimum absolute atomic E-state index is 0.0275. The molecule has 1 aliphatic rings. The molecule has 0 spiro atoms. The van der Waals surface area contributed by atoms with Crippen molar-refractivity contribution in [3.05, 3.63) is 82.6 Å². The molecular formula is C27H34N4O3S. The highest BCUT2D eigenvalue weighted by molar-refractivity contribution is 7.71. The van der Waals surface area contributed by atoms with Crippen LogP contribution in [0.5, 0.6) is 5.75 Å². The zero-order valence-corrected chi connectivity index (χ0v) is 21.4. The predicted molar refractivity (Wildman–Crippen MR) is 143 cm³/mol. The van der Waals surface area contributed by atoms with Crippen molar-refractivity contribution in [1.82, 2.24) is 9.47 Å². The van der Waals surface area contributed by atoms with Crippen LogP contribution in [-0.4, -0.2) is 53.8 Å². The molecular weight excluding hydrogens is 460 g/mol. The predicted octanol–water partition coefficient (Wildman–Crippen LogP) is 4.27. The fourth-order valence-corrected chi connectivity index (χ4v) is 4.53. The highest BCUT2D eigenvalue weighted by Crippen LogP contribution is 2.26. The molecule has 0 radical (unpaired) electrons. The number of benzene rings is 2. The number of aliphatic hydroxyl groups excluding tert-OH is 1. The number of piperazine rings is 1. The van der Waals surface area contributed by atoms with Crippen LogP contribution in [-0.2, 0) is 11.4 Å². The first-order chi connectivity index (χ1) is 17.0. The number of nitrogens with zero attached hydrogens (tertiary/aromatic N) is 3. The third-order valence-corrected chi connectivity index (χ3v) is 6.53. The van der Waals surface area contributed by atoms with E-state index in [0.717, 1.165) is 30.1 Å². The summed E-state index contributed by atoms with van der Waals surface area (Å²) < 4.78 is 7.36.